The first kappa shape index (κ1) is 13.8. The van der Waals surface area contributed by atoms with Crippen molar-refractivity contribution in [3.8, 4) is 0 Å². The summed E-state index contributed by atoms with van der Waals surface area (Å²) < 4.78 is 43.7. The van der Waals surface area contributed by atoms with Crippen LogP contribution in [0.25, 0.3) is 0 Å². The van der Waals surface area contributed by atoms with Crippen molar-refractivity contribution in [3.05, 3.63) is 0 Å². The van der Waals surface area contributed by atoms with E-state index in [-0.39, 0.29) is 11.8 Å². The average molecular weight is 290 g/mol. The molecule has 0 radical (unpaired) electrons. The van der Waals surface area contributed by atoms with E-state index in [0.717, 1.165) is 24.2 Å². The summed E-state index contributed by atoms with van der Waals surface area (Å²) in [7, 11) is -4.18. The van der Waals surface area contributed by atoms with Gasteiger partial charge in [0.25, 0.3) is 10.1 Å². The van der Waals surface area contributed by atoms with Gasteiger partial charge in [0.1, 0.15) is 11.9 Å². The Morgan fingerprint density at radius 3 is 2.00 bits per heavy atom. The van der Waals surface area contributed by atoms with E-state index in [1.54, 1.807) is 0 Å². The largest absolute Gasteiger partial charge is 0.285 e. The molecule has 0 aliphatic heterocycles. The first-order valence-electron chi connectivity index (χ1n) is 7.43. The van der Waals surface area contributed by atoms with E-state index in [1.165, 1.54) is 38.5 Å². The maximum Gasteiger partial charge on any atom is 0.267 e. The van der Waals surface area contributed by atoms with Crippen molar-refractivity contribution in [1.82, 2.24) is 0 Å². The highest BCUT2D eigenvalue weighted by Gasteiger charge is 2.50. The molecule has 0 aromatic heterocycles. The van der Waals surface area contributed by atoms with Crippen molar-refractivity contribution in [2.75, 3.05) is 5.75 Å². The molecule has 4 bridgehead atoms. The summed E-state index contributed by atoms with van der Waals surface area (Å²) in [6.07, 6.45) is 7.42. The van der Waals surface area contributed by atoms with E-state index < -0.39 is 22.0 Å². The highest BCUT2D eigenvalue weighted by molar-refractivity contribution is 7.85. The van der Waals surface area contributed by atoms with Crippen molar-refractivity contribution >= 4 is 10.1 Å². The normalized spacial score (nSPS) is 42.5. The van der Waals surface area contributed by atoms with Crippen molar-refractivity contribution in [1.29, 1.82) is 0 Å². The Bertz CT molecular complexity index is 410. The highest BCUT2D eigenvalue weighted by atomic mass is 32.2. The van der Waals surface area contributed by atoms with Gasteiger partial charge in [-0.15, -0.1) is 0 Å². The van der Waals surface area contributed by atoms with Gasteiger partial charge in [-0.3, -0.25) is 4.55 Å². The molecule has 4 rings (SSSR count). The molecule has 4 aliphatic carbocycles. The molecule has 0 aromatic carbocycles. The topological polar surface area (TPSA) is 54.4 Å². The zero-order valence-corrected chi connectivity index (χ0v) is 12.0. The predicted molar refractivity (Wildman–Crippen MR) is 71.2 cm³/mol. The van der Waals surface area contributed by atoms with Crippen LogP contribution in [-0.2, 0) is 10.1 Å². The SMILES string of the molecule is O=S(=O)(O)CC(F)CCC12CC3CC(CC(C3)C1)C2. The summed E-state index contributed by atoms with van der Waals surface area (Å²) in [5.41, 5.74) is 0.290. The van der Waals surface area contributed by atoms with Crippen LogP contribution in [0, 0.1) is 23.2 Å². The third kappa shape index (κ3) is 3.13. The fourth-order valence-electron chi connectivity index (χ4n) is 5.37. The lowest BCUT2D eigenvalue weighted by atomic mass is 9.48. The van der Waals surface area contributed by atoms with E-state index in [1.807, 2.05) is 0 Å². The van der Waals surface area contributed by atoms with Crippen molar-refractivity contribution in [2.24, 2.45) is 23.2 Å². The van der Waals surface area contributed by atoms with Crippen LogP contribution in [0.4, 0.5) is 4.39 Å². The quantitative estimate of drug-likeness (QED) is 0.791. The Balaban J connectivity index is 1.58. The second-order valence-corrected chi connectivity index (χ2v) is 8.80. The summed E-state index contributed by atoms with van der Waals surface area (Å²) in [6, 6.07) is 0. The Kier molecular flexibility index (Phi) is 3.41. The van der Waals surface area contributed by atoms with Crippen LogP contribution in [0.3, 0.4) is 0 Å². The van der Waals surface area contributed by atoms with E-state index >= 15 is 0 Å². The molecule has 0 saturated heterocycles. The number of hydrogen-bond acceptors (Lipinski definition) is 2. The van der Waals surface area contributed by atoms with Crippen molar-refractivity contribution in [2.45, 2.75) is 57.5 Å². The van der Waals surface area contributed by atoms with Gasteiger partial charge in [0.2, 0.25) is 0 Å². The van der Waals surface area contributed by atoms with Crippen molar-refractivity contribution in [3.63, 3.8) is 0 Å². The number of alkyl halides is 1. The lowest BCUT2D eigenvalue weighted by Crippen LogP contribution is -2.46. The third-order valence-electron chi connectivity index (χ3n) is 5.54. The molecule has 110 valence electrons. The van der Waals surface area contributed by atoms with Gasteiger partial charge in [0.05, 0.1) is 0 Å². The third-order valence-corrected chi connectivity index (χ3v) is 6.33. The minimum atomic E-state index is -4.18. The first-order chi connectivity index (χ1) is 8.84. The molecular weight excluding hydrogens is 267 g/mol. The Morgan fingerprint density at radius 1 is 1.11 bits per heavy atom. The van der Waals surface area contributed by atoms with Gasteiger partial charge in [0.15, 0.2) is 0 Å². The minimum Gasteiger partial charge on any atom is -0.285 e. The molecule has 0 amide bonds. The van der Waals surface area contributed by atoms with Gasteiger partial charge in [0, 0.05) is 0 Å². The average Bonchev–Trinajstić information content (AvgIpc) is 2.22. The Labute approximate surface area is 114 Å². The van der Waals surface area contributed by atoms with Crippen molar-refractivity contribution < 1.29 is 17.4 Å². The molecule has 19 heavy (non-hydrogen) atoms. The molecule has 5 heteroatoms. The number of halogens is 1. The summed E-state index contributed by atoms with van der Waals surface area (Å²) >= 11 is 0. The fourth-order valence-corrected chi connectivity index (χ4v) is 5.99. The maximum absolute atomic E-state index is 13.6. The molecule has 0 aromatic rings. The van der Waals surface area contributed by atoms with Crippen LogP contribution in [0.1, 0.15) is 51.4 Å². The molecule has 4 saturated carbocycles. The zero-order valence-electron chi connectivity index (χ0n) is 11.2. The molecule has 1 atom stereocenters. The molecule has 4 fully saturated rings. The number of hydrogen-bond donors (Lipinski definition) is 1. The lowest BCUT2D eigenvalue weighted by molar-refractivity contribution is -0.0602. The van der Waals surface area contributed by atoms with Crippen LogP contribution in [0.2, 0.25) is 0 Å². The van der Waals surface area contributed by atoms with E-state index in [4.69, 9.17) is 4.55 Å². The first-order valence-corrected chi connectivity index (χ1v) is 9.04. The smallest absolute Gasteiger partial charge is 0.267 e. The molecule has 4 aliphatic rings. The lowest BCUT2D eigenvalue weighted by Gasteiger charge is -2.57. The molecule has 3 nitrogen and oxygen atoms in total. The zero-order chi connectivity index (χ0) is 13.7. The second kappa shape index (κ2) is 4.69. The number of rotatable bonds is 5. The van der Waals surface area contributed by atoms with Crippen LogP contribution in [0.5, 0.6) is 0 Å². The Hall–Kier alpha value is -0.160. The van der Waals surface area contributed by atoms with Gasteiger partial charge >= 0.3 is 0 Å². The molecule has 0 spiro atoms. The summed E-state index contributed by atoms with van der Waals surface area (Å²) in [4.78, 5) is 0. The summed E-state index contributed by atoms with van der Waals surface area (Å²) in [6.45, 7) is 0. The van der Waals surface area contributed by atoms with Crippen LogP contribution >= 0.6 is 0 Å². The second-order valence-electron chi connectivity index (χ2n) is 7.30. The molecule has 1 unspecified atom stereocenters. The molecular formula is C14H23FO3S. The predicted octanol–water partition coefficient (Wildman–Crippen LogP) is 3.21. The standard InChI is InChI=1S/C14H23FO3S/c15-13(9-19(16,17)18)1-2-14-6-10-3-11(7-14)5-12(4-10)8-14/h10-13H,1-9H2,(H,16,17,18). The van der Waals surface area contributed by atoms with Crippen LogP contribution in [-0.4, -0.2) is 24.9 Å². The fraction of sp³-hybridized carbons (Fsp3) is 1.00. The van der Waals surface area contributed by atoms with Gasteiger partial charge in [-0.2, -0.15) is 8.42 Å². The van der Waals surface area contributed by atoms with E-state index in [2.05, 4.69) is 0 Å². The van der Waals surface area contributed by atoms with Crippen LogP contribution in [0.15, 0.2) is 0 Å². The Morgan fingerprint density at radius 2 is 1.58 bits per heavy atom. The van der Waals surface area contributed by atoms with Gasteiger partial charge < -0.3 is 0 Å². The minimum absolute atomic E-state index is 0.284. The van der Waals surface area contributed by atoms with Gasteiger partial charge in [-0.05, 0) is 74.5 Å². The van der Waals surface area contributed by atoms with E-state index in [0.29, 0.717) is 0 Å². The summed E-state index contributed by atoms with van der Waals surface area (Å²) in [5, 5.41) is 0. The van der Waals surface area contributed by atoms with E-state index in [9.17, 15) is 12.8 Å². The molecule has 0 heterocycles. The van der Waals surface area contributed by atoms with Crippen LogP contribution < -0.4 is 0 Å². The molecule has 1 N–H and O–H groups in total. The van der Waals surface area contributed by atoms with Gasteiger partial charge in [-0.25, -0.2) is 4.39 Å². The maximum atomic E-state index is 13.6. The van der Waals surface area contributed by atoms with Gasteiger partial charge in [-0.1, -0.05) is 0 Å². The highest BCUT2D eigenvalue weighted by Crippen LogP contribution is 2.61. The monoisotopic (exact) mass is 290 g/mol. The summed E-state index contributed by atoms with van der Waals surface area (Å²) in [5.74, 6) is 1.78.